The molecular weight excluding hydrogens is 330 g/mol. The molecule has 0 bridgehead atoms. The largest absolute Gasteiger partial charge is 0.347 e. The van der Waals surface area contributed by atoms with E-state index in [9.17, 15) is 4.79 Å². The van der Waals surface area contributed by atoms with Gasteiger partial charge >= 0.3 is 0 Å². The van der Waals surface area contributed by atoms with E-state index in [-0.39, 0.29) is 11.7 Å². The van der Waals surface area contributed by atoms with Gasteiger partial charge in [-0.1, -0.05) is 60.7 Å². The van der Waals surface area contributed by atoms with Gasteiger partial charge in [0.15, 0.2) is 11.6 Å². The van der Waals surface area contributed by atoms with Crippen LogP contribution in [0.25, 0.3) is 11.4 Å². The van der Waals surface area contributed by atoms with Crippen LogP contribution in [0.4, 0.5) is 5.13 Å². The van der Waals surface area contributed by atoms with Crippen molar-refractivity contribution in [1.29, 1.82) is 0 Å². The summed E-state index contributed by atoms with van der Waals surface area (Å²) in [6.07, 6.45) is 1.74. The number of ketones is 1. The molecule has 0 spiro atoms. The maximum Gasteiger partial charge on any atom is 0.205 e. The predicted octanol–water partition coefficient (Wildman–Crippen LogP) is 4.30. The van der Waals surface area contributed by atoms with E-state index in [1.807, 2.05) is 60.7 Å². The van der Waals surface area contributed by atoms with Crippen molar-refractivity contribution >= 4 is 22.4 Å². The number of hydrogen-bond acceptors (Lipinski definition) is 5. The van der Waals surface area contributed by atoms with Crippen molar-refractivity contribution < 1.29 is 4.79 Å². The Morgan fingerprint density at radius 1 is 0.960 bits per heavy atom. The molecule has 0 atom stereocenters. The summed E-state index contributed by atoms with van der Waals surface area (Å²) in [5.74, 6) is 1.16. The van der Waals surface area contributed by atoms with Gasteiger partial charge in [-0.3, -0.25) is 4.79 Å². The van der Waals surface area contributed by atoms with E-state index in [1.165, 1.54) is 11.5 Å². The summed E-state index contributed by atoms with van der Waals surface area (Å²) in [6, 6.07) is 19.6. The molecular formula is C20H19N3OS. The minimum absolute atomic E-state index is 0.111. The number of hydrogen-bond donors (Lipinski definition) is 0. The van der Waals surface area contributed by atoms with Gasteiger partial charge < -0.3 is 4.90 Å². The maximum atomic E-state index is 12.6. The molecule has 1 fully saturated rings. The third-order valence-electron chi connectivity index (χ3n) is 4.64. The molecule has 4 nitrogen and oxygen atoms in total. The number of nitrogens with zero attached hydrogens (tertiary/aromatic N) is 3. The maximum absolute atomic E-state index is 12.6. The first-order valence-electron chi connectivity index (χ1n) is 8.54. The SMILES string of the molecule is O=C(c1ccccc1)C1CCN(c2nc(-c3ccccc3)ns2)CC1. The van der Waals surface area contributed by atoms with Crippen LogP contribution in [0.3, 0.4) is 0 Å². The molecule has 2 aromatic carbocycles. The molecule has 0 unspecified atom stereocenters. The van der Waals surface area contributed by atoms with E-state index in [1.54, 1.807) is 0 Å². The third-order valence-corrected chi connectivity index (χ3v) is 5.42. The first-order valence-corrected chi connectivity index (χ1v) is 9.32. The van der Waals surface area contributed by atoms with Crippen molar-refractivity contribution in [3.8, 4) is 11.4 Å². The van der Waals surface area contributed by atoms with Crippen LogP contribution in [0.1, 0.15) is 23.2 Å². The van der Waals surface area contributed by atoms with Crippen molar-refractivity contribution in [2.24, 2.45) is 5.92 Å². The zero-order valence-electron chi connectivity index (χ0n) is 13.8. The van der Waals surface area contributed by atoms with Crippen LogP contribution in [0.5, 0.6) is 0 Å². The Morgan fingerprint density at radius 3 is 2.28 bits per heavy atom. The van der Waals surface area contributed by atoms with E-state index in [0.29, 0.717) is 0 Å². The zero-order chi connectivity index (χ0) is 17.1. The fourth-order valence-corrected chi connectivity index (χ4v) is 3.96. The van der Waals surface area contributed by atoms with Gasteiger partial charge in [0.2, 0.25) is 5.13 Å². The molecule has 3 aromatic rings. The predicted molar refractivity (Wildman–Crippen MR) is 101 cm³/mol. The lowest BCUT2D eigenvalue weighted by Gasteiger charge is -2.30. The van der Waals surface area contributed by atoms with Crippen molar-refractivity contribution in [2.75, 3.05) is 18.0 Å². The fourth-order valence-electron chi connectivity index (χ4n) is 3.22. The molecule has 25 heavy (non-hydrogen) atoms. The molecule has 1 aliphatic heterocycles. The van der Waals surface area contributed by atoms with Crippen LogP contribution in [0.15, 0.2) is 60.7 Å². The molecule has 1 aliphatic rings. The van der Waals surface area contributed by atoms with Gasteiger partial charge in [-0.05, 0) is 12.8 Å². The summed E-state index contributed by atoms with van der Waals surface area (Å²) >= 11 is 1.44. The Balaban J connectivity index is 1.41. The summed E-state index contributed by atoms with van der Waals surface area (Å²) in [5.41, 5.74) is 1.86. The summed E-state index contributed by atoms with van der Waals surface area (Å²) < 4.78 is 4.49. The van der Waals surface area contributed by atoms with E-state index in [4.69, 9.17) is 0 Å². The van der Waals surface area contributed by atoms with E-state index >= 15 is 0 Å². The standard InChI is InChI=1S/C20H19N3OS/c24-18(15-7-3-1-4-8-15)16-11-13-23(14-12-16)20-21-19(22-25-20)17-9-5-2-6-10-17/h1-10,16H,11-14H2. The lowest BCUT2D eigenvalue weighted by Crippen LogP contribution is -2.36. The molecule has 1 aromatic heterocycles. The van der Waals surface area contributed by atoms with Gasteiger partial charge in [0.25, 0.3) is 0 Å². The lowest BCUT2D eigenvalue weighted by atomic mass is 9.89. The minimum atomic E-state index is 0.111. The van der Waals surface area contributed by atoms with E-state index in [0.717, 1.165) is 48.0 Å². The number of carbonyl (C=O) groups is 1. The fraction of sp³-hybridized carbons (Fsp3) is 0.250. The normalized spacial score (nSPS) is 15.3. The number of rotatable bonds is 4. The molecule has 0 N–H and O–H groups in total. The van der Waals surface area contributed by atoms with Gasteiger partial charge in [0.1, 0.15) is 0 Å². The third kappa shape index (κ3) is 3.46. The monoisotopic (exact) mass is 349 g/mol. The van der Waals surface area contributed by atoms with E-state index in [2.05, 4.69) is 14.3 Å². The second-order valence-electron chi connectivity index (χ2n) is 6.26. The molecule has 1 saturated heterocycles. The van der Waals surface area contributed by atoms with Gasteiger partial charge in [-0.25, -0.2) is 0 Å². The first kappa shape index (κ1) is 16.0. The number of Topliss-reactive ketones (excluding diaryl/α,β-unsaturated/α-hetero) is 1. The second-order valence-corrected chi connectivity index (χ2v) is 6.99. The molecule has 2 heterocycles. The van der Waals surface area contributed by atoms with Crippen LogP contribution in [-0.2, 0) is 0 Å². The Kier molecular flexibility index (Phi) is 4.57. The van der Waals surface area contributed by atoms with Crippen molar-refractivity contribution in [3.05, 3.63) is 66.2 Å². The highest BCUT2D eigenvalue weighted by Crippen LogP contribution is 2.29. The number of piperidine rings is 1. The average molecular weight is 349 g/mol. The summed E-state index contributed by atoms with van der Waals surface area (Å²) in [4.78, 5) is 19.5. The molecule has 0 aliphatic carbocycles. The van der Waals surface area contributed by atoms with Crippen LogP contribution in [0.2, 0.25) is 0 Å². The Hall–Kier alpha value is -2.53. The number of aromatic nitrogens is 2. The van der Waals surface area contributed by atoms with Crippen LogP contribution >= 0.6 is 11.5 Å². The van der Waals surface area contributed by atoms with Gasteiger partial charge in [0.05, 0.1) is 0 Å². The number of benzene rings is 2. The van der Waals surface area contributed by atoms with Crippen molar-refractivity contribution in [2.45, 2.75) is 12.8 Å². The molecule has 126 valence electrons. The topological polar surface area (TPSA) is 46.1 Å². The van der Waals surface area contributed by atoms with Gasteiger partial charge in [-0.15, -0.1) is 0 Å². The van der Waals surface area contributed by atoms with Gasteiger partial charge in [0, 0.05) is 41.7 Å². The average Bonchev–Trinajstić information content (AvgIpc) is 3.19. The summed E-state index contributed by atoms with van der Waals surface area (Å²) in [7, 11) is 0. The Morgan fingerprint density at radius 2 is 1.60 bits per heavy atom. The molecule has 0 saturated carbocycles. The van der Waals surface area contributed by atoms with Crippen molar-refractivity contribution in [3.63, 3.8) is 0 Å². The summed E-state index contributed by atoms with van der Waals surface area (Å²) in [5, 5.41) is 0.949. The van der Waals surface area contributed by atoms with Crippen LogP contribution in [-0.4, -0.2) is 28.2 Å². The highest BCUT2D eigenvalue weighted by Gasteiger charge is 2.27. The van der Waals surface area contributed by atoms with Gasteiger partial charge in [-0.2, -0.15) is 9.36 Å². The first-order chi connectivity index (χ1) is 12.3. The van der Waals surface area contributed by atoms with Crippen LogP contribution in [0, 0.1) is 5.92 Å². The van der Waals surface area contributed by atoms with Crippen LogP contribution < -0.4 is 4.90 Å². The highest BCUT2D eigenvalue weighted by atomic mass is 32.1. The lowest BCUT2D eigenvalue weighted by molar-refractivity contribution is 0.0900. The number of carbonyl (C=O) groups excluding carboxylic acids is 1. The second kappa shape index (κ2) is 7.15. The number of anilines is 1. The quantitative estimate of drug-likeness (QED) is 0.659. The molecule has 0 amide bonds. The summed E-state index contributed by atoms with van der Waals surface area (Å²) in [6.45, 7) is 1.71. The zero-order valence-corrected chi connectivity index (χ0v) is 14.7. The Bertz CT molecular complexity index is 840. The highest BCUT2D eigenvalue weighted by molar-refractivity contribution is 7.09. The van der Waals surface area contributed by atoms with Crippen molar-refractivity contribution in [1.82, 2.24) is 9.36 Å². The minimum Gasteiger partial charge on any atom is -0.347 e. The molecule has 0 radical (unpaired) electrons. The molecule has 5 heteroatoms. The van der Waals surface area contributed by atoms with E-state index < -0.39 is 0 Å². The smallest absolute Gasteiger partial charge is 0.205 e. The molecule has 4 rings (SSSR count). The Labute approximate surface area is 151 Å².